The molecule has 3 heterocycles. The van der Waals surface area contributed by atoms with Gasteiger partial charge in [0, 0.05) is 18.9 Å². The van der Waals surface area contributed by atoms with E-state index in [2.05, 4.69) is 26.9 Å². The van der Waals surface area contributed by atoms with Crippen molar-refractivity contribution >= 4 is 16.7 Å². The van der Waals surface area contributed by atoms with Crippen molar-refractivity contribution in [1.29, 1.82) is 0 Å². The number of anilines is 1. The van der Waals surface area contributed by atoms with Crippen LogP contribution in [0.3, 0.4) is 0 Å². The lowest BCUT2D eigenvalue weighted by Crippen LogP contribution is -2.40. The third kappa shape index (κ3) is 2.94. The summed E-state index contributed by atoms with van der Waals surface area (Å²) in [5, 5.41) is 4.37. The number of fused-ring (bicyclic) bond motifs is 1. The summed E-state index contributed by atoms with van der Waals surface area (Å²) < 4.78 is 41.2. The number of para-hydroxylation sites is 2. The van der Waals surface area contributed by atoms with Crippen molar-refractivity contribution in [3.05, 3.63) is 72.3 Å². The molecule has 0 unspecified atom stereocenters. The van der Waals surface area contributed by atoms with E-state index in [-0.39, 0.29) is 0 Å². The van der Waals surface area contributed by atoms with Gasteiger partial charge in [-0.05, 0) is 56.2 Å². The van der Waals surface area contributed by atoms with E-state index in [0.717, 1.165) is 42.9 Å². The zero-order chi connectivity index (χ0) is 20.9. The summed E-state index contributed by atoms with van der Waals surface area (Å²) in [6.07, 6.45) is 1.04. The third-order valence-electron chi connectivity index (χ3n) is 5.88. The topological polar surface area (TPSA) is 49.7 Å². The maximum atomic E-state index is 13.1. The molecule has 30 heavy (non-hydrogen) atoms. The van der Waals surface area contributed by atoms with Crippen LogP contribution in [-0.2, 0) is 11.7 Å². The lowest BCUT2D eigenvalue weighted by atomic mass is 9.97. The molecule has 1 aliphatic heterocycles. The highest BCUT2D eigenvalue weighted by molar-refractivity contribution is 5.77. The number of imidazole rings is 1. The van der Waals surface area contributed by atoms with Gasteiger partial charge in [0.25, 0.3) is 0 Å². The number of halogens is 3. The summed E-state index contributed by atoms with van der Waals surface area (Å²) in [5.74, 6) is 0.671. The normalized spacial score (nSPS) is 19.7. The van der Waals surface area contributed by atoms with E-state index in [1.807, 2.05) is 41.2 Å². The SMILES string of the molecule is C[C@@]1(c2nc3ccc(C(F)(F)F)cc3[nH]2)CCCN1c1ccccc1-n1cccn1. The van der Waals surface area contributed by atoms with Gasteiger partial charge in [-0.15, -0.1) is 0 Å². The first-order chi connectivity index (χ1) is 14.4. The number of nitrogens with zero attached hydrogens (tertiary/aromatic N) is 4. The van der Waals surface area contributed by atoms with Crippen LogP contribution in [0.15, 0.2) is 60.9 Å². The number of alkyl halides is 3. The summed E-state index contributed by atoms with van der Waals surface area (Å²) in [7, 11) is 0. The Balaban J connectivity index is 1.59. The van der Waals surface area contributed by atoms with E-state index < -0.39 is 17.3 Å². The van der Waals surface area contributed by atoms with E-state index in [4.69, 9.17) is 0 Å². The molecular formula is C22H20F3N5. The molecule has 0 bridgehead atoms. The number of nitrogens with one attached hydrogen (secondary N) is 1. The van der Waals surface area contributed by atoms with Crippen molar-refractivity contribution < 1.29 is 13.2 Å². The van der Waals surface area contributed by atoms with Crippen LogP contribution in [0.2, 0.25) is 0 Å². The molecule has 5 rings (SSSR count). The fraction of sp³-hybridized carbons (Fsp3) is 0.273. The van der Waals surface area contributed by atoms with E-state index in [1.165, 1.54) is 6.07 Å². The summed E-state index contributed by atoms with van der Waals surface area (Å²) in [5.41, 5.74) is 1.74. The van der Waals surface area contributed by atoms with Crippen molar-refractivity contribution in [3.8, 4) is 5.69 Å². The number of aromatic nitrogens is 4. The third-order valence-corrected chi connectivity index (χ3v) is 5.88. The van der Waals surface area contributed by atoms with Crippen LogP contribution in [-0.4, -0.2) is 26.3 Å². The second kappa shape index (κ2) is 6.62. The molecule has 0 saturated carbocycles. The Morgan fingerprint density at radius 3 is 2.60 bits per heavy atom. The molecule has 1 N–H and O–H groups in total. The largest absolute Gasteiger partial charge is 0.416 e. The molecule has 0 spiro atoms. The fourth-order valence-electron chi connectivity index (χ4n) is 4.33. The van der Waals surface area contributed by atoms with Gasteiger partial charge in [-0.3, -0.25) is 0 Å². The first-order valence-corrected chi connectivity index (χ1v) is 9.80. The van der Waals surface area contributed by atoms with Crippen molar-refractivity contribution in [1.82, 2.24) is 19.7 Å². The number of hydrogen-bond donors (Lipinski definition) is 1. The first kappa shape index (κ1) is 18.7. The van der Waals surface area contributed by atoms with Gasteiger partial charge in [0.1, 0.15) is 5.82 Å². The molecule has 0 amide bonds. The molecular weight excluding hydrogens is 391 g/mol. The van der Waals surface area contributed by atoms with Gasteiger partial charge in [-0.2, -0.15) is 18.3 Å². The molecule has 1 fully saturated rings. The smallest absolute Gasteiger partial charge is 0.357 e. The van der Waals surface area contributed by atoms with Gasteiger partial charge in [-0.25, -0.2) is 9.67 Å². The molecule has 2 aromatic carbocycles. The number of hydrogen-bond acceptors (Lipinski definition) is 3. The standard InChI is InChI=1S/C22H20F3N5/c1-21(20-27-16-9-8-15(22(23,24)25)14-17(16)28-20)10-4-12-29(21)18-6-2-3-7-19(18)30-13-5-11-26-30/h2-3,5-9,11,13-14H,4,10,12H2,1H3,(H,27,28)/t21-/m0/s1. The molecule has 1 saturated heterocycles. The van der Waals surface area contributed by atoms with E-state index in [9.17, 15) is 13.2 Å². The van der Waals surface area contributed by atoms with Crippen LogP contribution >= 0.6 is 0 Å². The Kier molecular flexibility index (Phi) is 4.13. The molecule has 1 aliphatic rings. The number of H-pyrrole nitrogens is 1. The molecule has 0 radical (unpaired) electrons. The van der Waals surface area contributed by atoms with E-state index in [1.54, 1.807) is 6.20 Å². The second-order valence-electron chi connectivity index (χ2n) is 7.78. The van der Waals surface area contributed by atoms with E-state index in [0.29, 0.717) is 16.9 Å². The highest BCUT2D eigenvalue weighted by Gasteiger charge is 2.42. The van der Waals surface area contributed by atoms with Crippen LogP contribution < -0.4 is 4.90 Å². The molecule has 1 atom stereocenters. The number of aromatic amines is 1. The van der Waals surface area contributed by atoms with Gasteiger partial charge in [-0.1, -0.05) is 12.1 Å². The van der Waals surface area contributed by atoms with Crippen molar-refractivity contribution in [2.24, 2.45) is 0 Å². The Morgan fingerprint density at radius 2 is 1.87 bits per heavy atom. The summed E-state index contributed by atoms with van der Waals surface area (Å²) >= 11 is 0. The monoisotopic (exact) mass is 411 g/mol. The Morgan fingerprint density at radius 1 is 1.07 bits per heavy atom. The van der Waals surface area contributed by atoms with Crippen LogP contribution in [0.1, 0.15) is 31.2 Å². The van der Waals surface area contributed by atoms with Gasteiger partial charge in [0.05, 0.1) is 33.5 Å². The minimum Gasteiger partial charge on any atom is -0.357 e. The lowest BCUT2D eigenvalue weighted by Gasteiger charge is -2.36. The molecule has 2 aromatic heterocycles. The minimum absolute atomic E-state index is 0.397. The number of benzene rings is 2. The van der Waals surface area contributed by atoms with Crippen molar-refractivity contribution in [2.45, 2.75) is 31.5 Å². The Bertz CT molecular complexity index is 1200. The molecule has 5 nitrogen and oxygen atoms in total. The molecule has 8 heteroatoms. The zero-order valence-corrected chi connectivity index (χ0v) is 16.3. The molecule has 154 valence electrons. The predicted molar refractivity (Wildman–Crippen MR) is 109 cm³/mol. The Hall–Kier alpha value is -3.29. The summed E-state index contributed by atoms with van der Waals surface area (Å²) in [6.45, 7) is 2.90. The second-order valence-corrected chi connectivity index (χ2v) is 7.78. The quantitative estimate of drug-likeness (QED) is 0.499. The van der Waals surface area contributed by atoms with Gasteiger partial charge in [0.15, 0.2) is 0 Å². The van der Waals surface area contributed by atoms with Gasteiger partial charge >= 0.3 is 6.18 Å². The van der Waals surface area contributed by atoms with Gasteiger partial charge in [0.2, 0.25) is 0 Å². The average Bonchev–Trinajstić information content (AvgIpc) is 3.46. The van der Waals surface area contributed by atoms with Crippen molar-refractivity contribution in [2.75, 3.05) is 11.4 Å². The number of rotatable bonds is 3. The summed E-state index contributed by atoms with van der Waals surface area (Å²) in [4.78, 5) is 10.1. The van der Waals surface area contributed by atoms with Crippen molar-refractivity contribution in [3.63, 3.8) is 0 Å². The predicted octanol–water partition coefficient (Wildman–Crippen LogP) is 5.28. The summed E-state index contributed by atoms with van der Waals surface area (Å²) in [6, 6.07) is 13.5. The fourth-order valence-corrected chi connectivity index (χ4v) is 4.33. The maximum Gasteiger partial charge on any atom is 0.416 e. The average molecular weight is 411 g/mol. The van der Waals surface area contributed by atoms with Crippen LogP contribution in [0.25, 0.3) is 16.7 Å². The van der Waals surface area contributed by atoms with E-state index >= 15 is 0 Å². The molecule has 0 aliphatic carbocycles. The van der Waals surface area contributed by atoms with Gasteiger partial charge < -0.3 is 9.88 Å². The van der Waals surface area contributed by atoms with Crippen LogP contribution in [0.4, 0.5) is 18.9 Å². The lowest BCUT2D eigenvalue weighted by molar-refractivity contribution is -0.137. The van der Waals surface area contributed by atoms with Crippen LogP contribution in [0.5, 0.6) is 0 Å². The van der Waals surface area contributed by atoms with Crippen LogP contribution in [0, 0.1) is 0 Å². The zero-order valence-electron chi connectivity index (χ0n) is 16.3. The Labute approximate surface area is 171 Å². The highest BCUT2D eigenvalue weighted by Crippen LogP contribution is 2.43. The minimum atomic E-state index is -4.38. The maximum absolute atomic E-state index is 13.1. The first-order valence-electron chi connectivity index (χ1n) is 9.80. The highest BCUT2D eigenvalue weighted by atomic mass is 19.4. The molecule has 4 aromatic rings.